The number of aromatic nitrogens is 2. The van der Waals surface area contributed by atoms with E-state index in [0.29, 0.717) is 60.3 Å². The number of anilines is 3. The zero-order chi connectivity index (χ0) is 32.4. The number of rotatable bonds is 9. The Morgan fingerprint density at radius 3 is 2.37 bits per heavy atom. The summed E-state index contributed by atoms with van der Waals surface area (Å²) >= 11 is 0. The van der Waals surface area contributed by atoms with Crippen molar-refractivity contribution >= 4 is 33.1 Å². The van der Waals surface area contributed by atoms with Gasteiger partial charge in [-0.1, -0.05) is 0 Å². The summed E-state index contributed by atoms with van der Waals surface area (Å²) in [6.07, 6.45) is 4.00. The van der Waals surface area contributed by atoms with Gasteiger partial charge in [-0.3, -0.25) is 9.89 Å². The van der Waals surface area contributed by atoms with Crippen molar-refractivity contribution in [2.45, 2.75) is 75.5 Å². The molecule has 2 saturated heterocycles. The molecule has 0 saturated carbocycles. The number of likely N-dealkylation sites (tertiary alicyclic amines) is 1. The first-order valence-electron chi connectivity index (χ1n) is 15.9. The summed E-state index contributed by atoms with van der Waals surface area (Å²) in [6.45, 7) is 7.78. The van der Waals surface area contributed by atoms with Crippen LogP contribution in [0.5, 0.6) is 0 Å². The molecule has 0 aliphatic carbocycles. The number of hydrogen-bond donors (Lipinski definition) is 4. The molecule has 0 unspecified atom stereocenters. The molecule has 248 valence electrons. The molecule has 2 aromatic carbocycles. The van der Waals surface area contributed by atoms with Crippen LogP contribution in [0.25, 0.3) is 0 Å². The molecule has 14 heteroatoms. The first-order valence-corrected chi connectivity index (χ1v) is 17.3. The standard InChI is InChI=1S/C32H41F2N7O4S/c1-20(2)40-10-5-23(6-11-40)35-25-3-4-27(30(18-25)36-24-8-13-45-14-9-24)32(42)37-31-28-19-41(12-7-29(28)38-39-31)46(43,44)26-16-21(33)15-22(34)17-26/h3-4,15-18,20,23-24,35-36H,5-14,19H2,1-2H3,(H2,37,38,39,42). The molecule has 6 rings (SSSR count). The van der Waals surface area contributed by atoms with E-state index in [2.05, 4.69) is 44.9 Å². The maximum Gasteiger partial charge on any atom is 0.258 e. The molecule has 11 nitrogen and oxygen atoms in total. The van der Waals surface area contributed by atoms with Crippen LogP contribution < -0.4 is 16.0 Å². The summed E-state index contributed by atoms with van der Waals surface area (Å²) in [5, 5.41) is 17.3. The molecule has 3 aliphatic heterocycles. The van der Waals surface area contributed by atoms with E-state index in [1.807, 2.05) is 12.1 Å². The van der Waals surface area contributed by atoms with Crippen LogP contribution in [-0.2, 0) is 27.7 Å². The number of sulfonamides is 1. The second-order valence-corrected chi connectivity index (χ2v) is 14.5. The molecule has 1 amide bonds. The van der Waals surface area contributed by atoms with Gasteiger partial charge in [-0.2, -0.15) is 9.40 Å². The number of nitrogens with zero attached hydrogens (tertiary/aromatic N) is 3. The van der Waals surface area contributed by atoms with E-state index in [-0.39, 0.29) is 24.9 Å². The summed E-state index contributed by atoms with van der Waals surface area (Å²) in [4.78, 5) is 15.8. The van der Waals surface area contributed by atoms with Crippen LogP contribution in [0.15, 0.2) is 41.3 Å². The average molecular weight is 658 g/mol. The van der Waals surface area contributed by atoms with Gasteiger partial charge < -0.3 is 25.6 Å². The van der Waals surface area contributed by atoms with Gasteiger partial charge in [0.15, 0.2) is 5.82 Å². The lowest BCUT2D eigenvalue weighted by atomic mass is 10.0. The highest BCUT2D eigenvalue weighted by molar-refractivity contribution is 7.89. The fourth-order valence-electron chi connectivity index (χ4n) is 6.39. The number of halogens is 2. The Hall–Kier alpha value is -3.59. The Kier molecular flexibility index (Phi) is 9.59. The van der Waals surface area contributed by atoms with Crippen LogP contribution >= 0.6 is 0 Å². The molecule has 0 bridgehead atoms. The molecule has 1 aromatic heterocycles. The molecule has 0 atom stereocenters. The molecular weight excluding hydrogens is 616 g/mol. The Labute approximate surface area is 268 Å². The Morgan fingerprint density at radius 2 is 1.67 bits per heavy atom. The smallest absolute Gasteiger partial charge is 0.258 e. The number of benzene rings is 2. The Balaban J connectivity index is 1.20. The van der Waals surface area contributed by atoms with E-state index in [1.54, 1.807) is 6.07 Å². The number of fused-ring (bicyclic) bond motifs is 1. The van der Waals surface area contributed by atoms with Crippen LogP contribution in [0, 0.1) is 11.6 Å². The minimum atomic E-state index is -4.20. The van der Waals surface area contributed by atoms with E-state index in [9.17, 15) is 22.0 Å². The van der Waals surface area contributed by atoms with Gasteiger partial charge in [0.05, 0.1) is 10.5 Å². The molecular formula is C32H41F2N7O4S. The third kappa shape index (κ3) is 7.19. The Morgan fingerprint density at radius 1 is 0.978 bits per heavy atom. The van der Waals surface area contributed by atoms with Crippen molar-refractivity contribution < 1.29 is 26.7 Å². The zero-order valence-corrected chi connectivity index (χ0v) is 26.9. The molecule has 4 heterocycles. The number of carbonyl (C=O) groups is 1. The summed E-state index contributed by atoms with van der Waals surface area (Å²) in [5.74, 6) is -2.14. The van der Waals surface area contributed by atoms with Crippen molar-refractivity contribution in [3.8, 4) is 0 Å². The zero-order valence-electron chi connectivity index (χ0n) is 26.1. The van der Waals surface area contributed by atoms with Gasteiger partial charge in [-0.15, -0.1) is 0 Å². The highest BCUT2D eigenvalue weighted by Gasteiger charge is 2.32. The van der Waals surface area contributed by atoms with Gasteiger partial charge in [0.1, 0.15) is 11.6 Å². The molecule has 2 fully saturated rings. The fourth-order valence-corrected chi connectivity index (χ4v) is 7.84. The first-order chi connectivity index (χ1) is 22.1. The quantitative estimate of drug-likeness (QED) is 0.264. The molecule has 0 radical (unpaired) electrons. The van der Waals surface area contributed by atoms with Gasteiger partial charge in [0, 0.05) is 92.6 Å². The van der Waals surface area contributed by atoms with E-state index in [4.69, 9.17) is 4.74 Å². The molecule has 3 aromatic rings. The van der Waals surface area contributed by atoms with E-state index < -0.39 is 32.5 Å². The third-order valence-electron chi connectivity index (χ3n) is 9.08. The lowest BCUT2D eigenvalue weighted by molar-refractivity contribution is 0.0904. The number of carbonyl (C=O) groups excluding carboxylic acids is 1. The molecule has 3 aliphatic rings. The lowest BCUT2D eigenvalue weighted by Gasteiger charge is -2.35. The fraction of sp³-hybridized carbons (Fsp3) is 0.500. The normalized spacial score (nSPS) is 18.8. The number of nitrogens with one attached hydrogen (secondary N) is 4. The minimum absolute atomic E-state index is 0.0905. The predicted octanol–water partition coefficient (Wildman–Crippen LogP) is 4.56. The maximum absolute atomic E-state index is 13.8. The monoisotopic (exact) mass is 657 g/mol. The van der Waals surface area contributed by atoms with Gasteiger partial charge >= 0.3 is 0 Å². The molecule has 0 spiro atoms. The Bertz CT molecular complexity index is 1650. The van der Waals surface area contributed by atoms with Gasteiger partial charge in [0.25, 0.3) is 5.91 Å². The van der Waals surface area contributed by atoms with Crippen molar-refractivity contribution in [1.82, 2.24) is 19.4 Å². The van der Waals surface area contributed by atoms with Crippen LogP contribution in [0.1, 0.15) is 61.1 Å². The summed E-state index contributed by atoms with van der Waals surface area (Å²) in [6, 6.07) is 8.91. The average Bonchev–Trinajstić information content (AvgIpc) is 3.43. The summed E-state index contributed by atoms with van der Waals surface area (Å²) < 4.78 is 60.9. The molecule has 4 N–H and O–H groups in total. The van der Waals surface area contributed by atoms with Crippen LogP contribution in [-0.4, -0.2) is 84.7 Å². The molecule has 46 heavy (non-hydrogen) atoms. The second kappa shape index (κ2) is 13.6. The van der Waals surface area contributed by atoms with Crippen molar-refractivity contribution in [2.24, 2.45) is 0 Å². The van der Waals surface area contributed by atoms with Gasteiger partial charge in [-0.25, -0.2) is 17.2 Å². The van der Waals surface area contributed by atoms with Gasteiger partial charge in [-0.05, 0) is 69.9 Å². The highest BCUT2D eigenvalue weighted by Crippen LogP contribution is 2.31. The second-order valence-electron chi connectivity index (χ2n) is 12.5. The largest absolute Gasteiger partial charge is 0.382 e. The number of hydrogen-bond acceptors (Lipinski definition) is 8. The third-order valence-corrected chi connectivity index (χ3v) is 10.9. The van der Waals surface area contributed by atoms with Crippen molar-refractivity contribution in [3.63, 3.8) is 0 Å². The number of piperidine rings is 1. The minimum Gasteiger partial charge on any atom is -0.382 e. The maximum atomic E-state index is 13.8. The van der Waals surface area contributed by atoms with E-state index >= 15 is 0 Å². The number of ether oxygens (including phenoxy) is 1. The highest BCUT2D eigenvalue weighted by atomic mass is 32.2. The van der Waals surface area contributed by atoms with Crippen LogP contribution in [0.2, 0.25) is 0 Å². The number of H-pyrrole nitrogens is 1. The van der Waals surface area contributed by atoms with E-state index in [0.717, 1.165) is 60.9 Å². The predicted molar refractivity (Wildman–Crippen MR) is 171 cm³/mol. The first kappa shape index (κ1) is 32.4. The van der Waals surface area contributed by atoms with Crippen molar-refractivity contribution in [3.05, 3.63) is 64.9 Å². The van der Waals surface area contributed by atoms with E-state index in [1.165, 1.54) is 0 Å². The summed E-state index contributed by atoms with van der Waals surface area (Å²) in [5.41, 5.74) is 3.25. The number of amides is 1. The van der Waals surface area contributed by atoms with Gasteiger partial charge in [0.2, 0.25) is 10.0 Å². The lowest BCUT2D eigenvalue weighted by Crippen LogP contribution is -2.42. The van der Waals surface area contributed by atoms with Crippen molar-refractivity contribution in [2.75, 3.05) is 48.8 Å². The van der Waals surface area contributed by atoms with Crippen molar-refractivity contribution in [1.29, 1.82) is 0 Å². The van der Waals surface area contributed by atoms with Crippen LogP contribution in [0.4, 0.5) is 26.0 Å². The SMILES string of the molecule is CC(C)N1CCC(Nc2ccc(C(=O)Nc3n[nH]c4c3CN(S(=O)(=O)c3cc(F)cc(F)c3)CC4)c(NC3CCOCC3)c2)CC1. The topological polar surface area (TPSA) is 132 Å². The summed E-state index contributed by atoms with van der Waals surface area (Å²) in [7, 11) is -4.20. The number of aromatic amines is 1. The van der Waals surface area contributed by atoms with Crippen LogP contribution in [0.3, 0.4) is 0 Å².